The molecule has 1 atom stereocenters. The second-order valence-electron chi connectivity index (χ2n) is 4.39. The molecular formula is C13H16O4. The third kappa shape index (κ3) is 1.85. The number of phenolic OH excluding ortho intramolecular Hbond substituents is 1. The Labute approximate surface area is 100 Å². The standard InChI is InChI=1S/C13H16O4/c1-8-6-10(15)12(16-3)9-4-5-13(2,7-14)17-11(8)9/h4-6,14-15H,7H2,1-3H3/t13-/m1/s1. The Hall–Kier alpha value is -1.68. The fourth-order valence-electron chi connectivity index (χ4n) is 1.90. The van der Waals surface area contributed by atoms with Crippen LogP contribution in [0.2, 0.25) is 0 Å². The Morgan fingerprint density at radius 2 is 2.18 bits per heavy atom. The minimum Gasteiger partial charge on any atom is -0.504 e. The van der Waals surface area contributed by atoms with Crippen molar-refractivity contribution in [1.82, 2.24) is 0 Å². The van der Waals surface area contributed by atoms with Crippen LogP contribution in [0.25, 0.3) is 6.08 Å². The second kappa shape index (κ2) is 3.96. The normalized spacial score (nSPS) is 21.9. The van der Waals surface area contributed by atoms with Crippen molar-refractivity contribution >= 4 is 6.08 Å². The Bertz CT molecular complexity index is 479. The van der Waals surface area contributed by atoms with Gasteiger partial charge < -0.3 is 19.7 Å². The van der Waals surface area contributed by atoms with E-state index < -0.39 is 5.60 Å². The third-order valence-electron chi connectivity index (χ3n) is 2.89. The molecule has 92 valence electrons. The lowest BCUT2D eigenvalue weighted by molar-refractivity contribution is 0.0630. The van der Waals surface area contributed by atoms with Gasteiger partial charge >= 0.3 is 0 Å². The molecule has 4 heteroatoms. The maximum atomic E-state index is 9.77. The largest absolute Gasteiger partial charge is 0.504 e. The van der Waals surface area contributed by atoms with E-state index in [1.54, 1.807) is 25.1 Å². The predicted molar refractivity (Wildman–Crippen MR) is 64.5 cm³/mol. The molecule has 0 aromatic heterocycles. The van der Waals surface area contributed by atoms with Crippen molar-refractivity contribution < 1.29 is 19.7 Å². The van der Waals surface area contributed by atoms with Crippen LogP contribution < -0.4 is 9.47 Å². The van der Waals surface area contributed by atoms with Crippen molar-refractivity contribution in [3.63, 3.8) is 0 Å². The van der Waals surface area contributed by atoms with E-state index in [9.17, 15) is 10.2 Å². The summed E-state index contributed by atoms with van der Waals surface area (Å²) in [6.07, 6.45) is 3.57. The van der Waals surface area contributed by atoms with Gasteiger partial charge in [0.15, 0.2) is 11.5 Å². The molecule has 0 aliphatic carbocycles. The van der Waals surface area contributed by atoms with Crippen molar-refractivity contribution in [3.8, 4) is 17.2 Å². The number of aromatic hydroxyl groups is 1. The van der Waals surface area contributed by atoms with E-state index in [-0.39, 0.29) is 12.4 Å². The highest BCUT2D eigenvalue weighted by Gasteiger charge is 2.30. The zero-order valence-corrected chi connectivity index (χ0v) is 10.2. The summed E-state index contributed by atoms with van der Waals surface area (Å²) in [5.41, 5.74) is 0.790. The van der Waals surface area contributed by atoms with Crippen LogP contribution in [0.5, 0.6) is 17.2 Å². The van der Waals surface area contributed by atoms with Crippen molar-refractivity contribution in [2.75, 3.05) is 13.7 Å². The van der Waals surface area contributed by atoms with Gasteiger partial charge in [0.2, 0.25) is 0 Å². The summed E-state index contributed by atoms with van der Waals surface area (Å²) in [6.45, 7) is 3.53. The Morgan fingerprint density at radius 3 is 2.76 bits per heavy atom. The molecule has 1 aromatic rings. The summed E-state index contributed by atoms with van der Waals surface area (Å²) < 4.78 is 10.9. The van der Waals surface area contributed by atoms with E-state index in [2.05, 4.69) is 0 Å². The van der Waals surface area contributed by atoms with Gasteiger partial charge in [-0.25, -0.2) is 0 Å². The highest BCUT2D eigenvalue weighted by Crippen LogP contribution is 2.44. The average molecular weight is 236 g/mol. The molecule has 0 radical (unpaired) electrons. The highest BCUT2D eigenvalue weighted by molar-refractivity contribution is 5.72. The molecule has 0 bridgehead atoms. The number of hydrogen-bond donors (Lipinski definition) is 2. The topological polar surface area (TPSA) is 58.9 Å². The lowest BCUT2D eigenvalue weighted by atomic mass is 9.98. The Balaban J connectivity index is 2.60. The fraction of sp³-hybridized carbons (Fsp3) is 0.385. The molecular weight excluding hydrogens is 220 g/mol. The number of aliphatic hydroxyl groups is 1. The molecule has 0 fully saturated rings. The van der Waals surface area contributed by atoms with Crippen LogP contribution in [0.1, 0.15) is 18.1 Å². The zero-order chi connectivity index (χ0) is 12.6. The molecule has 1 heterocycles. The molecule has 0 saturated heterocycles. The molecule has 4 nitrogen and oxygen atoms in total. The first-order valence-corrected chi connectivity index (χ1v) is 5.40. The summed E-state index contributed by atoms with van der Waals surface area (Å²) in [5.74, 6) is 1.12. The fourth-order valence-corrected chi connectivity index (χ4v) is 1.90. The van der Waals surface area contributed by atoms with Crippen LogP contribution in [-0.4, -0.2) is 29.5 Å². The van der Waals surface area contributed by atoms with Gasteiger partial charge in [0.05, 0.1) is 19.3 Å². The van der Waals surface area contributed by atoms with Crippen LogP contribution in [-0.2, 0) is 0 Å². The number of rotatable bonds is 2. The molecule has 0 amide bonds. The number of aryl methyl sites for hydroxylation is 1. The van der Waals surface area contributed by atoms with Crippen LogP contribution in [0.3, 0.4) is 0 Å². The Kier molecular flexibility index (Phi) is 2.75. The minimum atomic E-state index is -0.722. The molecule has 0 unspecified atom stereocenters. The third-order valence-corrected chi connectivity index (χ3v) is 2.89. The number of ether oxygens (including phenoxy) is 2. The summed E-state index contributed by atoms with van der Waals surface area (Å²) >= 11 is 0. The quantitative estimate of drug-likeness (QED) is 0.823. The first-order valence-electron chi connectivity index (χ1n) is 5.40. The summed E-state index contributed by atoms with van der Waals surface area (Å²) in [7, 11) is 1.50. The van der Waals surface area contributed by atoms with E-state index >= 15 is 0 Å². The summed E-state index contributed by atoms with van der Waals surface area (Å²) in [6, 6.07) is 1.59. The molecule has 1 aliphatic rings. The van der Waals surface area contributed by atoms with Gasteiger partial charge in [-0.1, -0.05) is 0 Å². The van der Waals surface area contributed by atoms with Crippen molar-refractivity contribution in [2.24, 2.45) is 0 Å². The highest BCUT2D eigenvalue weighted by atomic mass is 16.5. The first-order chi connectivity index (χ1) is 8.00. The zero-order valence-electron chi connectivity index (χ0n) is 10.2. The number of hydrogen-bond acceptors (Lipinski definition) is 4. The number of methoxy groups -OCH3 is 1. The van der Waals surface area contributed by atoms with Crippen LogP contribution in [0.4, 0.5) is 0 Å². The van der Waals surface area contributed by atoms with E-state index in [0.29, 0.717) is 17.1 Å². The van der Waals surface area contributed by atoms with Gasteiger partial charge in [-0.2, -0.15) is 0 Å². The van der Waals surface area contributed by atoms with Gasteiger partial charge in [-0.15, -0.1) is 0 Å². The van der Waals surface area contributed by atoms with Gasteiger partial charge in [0, 0.05) is 0 Å². The number of phenols is 1. The molecule has 2 N–H and O–H groups in total. The summed E-state index contributed by atoms with van der Waals surface area (Å²) in [4.78, 5) is 0. The maximum absolute atomic E-state index is 9.77. The predicted octanol–water partition coefficient (Wildman–Crippen LogP) is 1.87. The van der Waals surface area contributed by atoms with Crippen molar-refractivity contribution in [2.45, 2.75) is 19.4 Å². The monoisotopic (exact) mass is 236 g/mol. The van der Waals surface area contributed by atoms with Crippen LogP contribution >= 0.6 is 0 Å². The lowest BCUT2D eigenvalue weighted by Gasteiger charge is -2.31. The van der Waals surface area contributed by atoms with Gasteiger partial charge in [0.1, 0.15) is 11.4 Å². The number of benzene rings is 1. The van der Waals surface area contributed by atoms with Crippen molar-refractivity contribution in [3.05, 3.63) is 23.3 Å². The first kappa shape index (κ1) is 11.8. The van der Waals surface area contributed by atoms with Crippen molar-refractivity contribution in [1.29, 1.82) is 0 Å². The Morgan fingerprint density at radius 1 is 1.47 bits per heavy atom. The summed E-state index contributed by atoms with van der Waals surface area (Å²) in [5, 5.41) is 19.1. The second-order valence-corrected chi connectivity index (χ2v) is 4.39. The van der Waals surface area contributed by atoms with Gasteiger partial charge in [-0.3, -0.25) is 0 Å². The van der Waals surface area contributed by atoms with Gasteiger partial charge in [-0.05, 0) is 37.6 Å². The molecule has 2 rings (SSSR count). The lowest BCUT2D eigenvalue weighted by Crippen LogP contribution is -2.36. The molecule has 0 spiro atoms. The molecule has 0 saturated carbocycles. The molecule has 1 aromatic carbocycles. The van der Waals surface area contributed by atoms with E-state index in [0.717, 1.165) is 5.56 Å². The smallest absolute Gasteiger partial charge is 0.171 e. The number of aliphatic hydroxyl groups excluding tert-OH is 1. The number of fused-ring (bicyclic) bond motifs is 1. The minimum absolute atomic E-state index is 0.0876. The molecule has 1 aliphatic heterocycles. The molecule has 17 heavy (non-hydrogen) atoms. The van der Waals surface area contributed by atoms with Gasteiger partial charge in [0.25, 0.3) is 0 Å². The van der Waals surface area contributed by atoms with E-state index in [1.165, 1.54) is 7.11 Å². The van der Waals surface area contributed by atoms with Crippen LogP contribution in [0, 0.1) is 6.92 Å². The average Bonchev–Trinajstić information content (AvgIpc) is 2.31. The SMILES string of the molecule is COc1c(O)cc(C)c2c1C=C[C@](C)(CO)O2. The van der Waals surface area contributed by atoms with E-state index in [4.69, 9.17) is 9.47 Å². The maximum Gasteiger partial charge on any atom is 0.171 e. The van der Waals surface area contributed by atoms with E-state index in [1.807, 2.05) is 6.92 Å². The van der Waals surface area contributed by atoms with Crippen LogP contribution in [0.15, 0.2) is 12.1 Å².